The Hall–Kier alpha value is -3.12. The normalized spacial score (nSPS) is 20.9. The Morgan fingerprint density at radius 1 is 1.30 bits per heavy atom. The average molecular weight is 444 g/mol. The van der Waals surface area contributed by atoms with Crippen molar-refractivity contribution < 1.29 is 4.79 Å². The lowest BCUT2D eigenvalue weighted by Crippen LogP contribution is -2.34. The van der Waals surface area contributed by atoms with Gasteiger partial charge < -0.3 is 9.88 Å². The van der Waals surface area contributed by atoms with Gasteiger partial charge in [0.25, 0.3) is 0 Å². The number of rotatable bonds is 6. The largest absolute Gasteiger partial charge is 0.355 e. The summed E-state index contributed by atoms with van der Waals surface area (Å²) in [7, 11) is 0. The first kappa shape index (κ1) is 23.1. The van der Waals surface area contributed by atoms with Crippen molar-refractivity contribution in [2.24, 2.45) is 17.3 Å². The van der Waals surface area contributed by atoms with Crippen LogP contribution in [0.1, 0.15) is 64.2 Å². The highest BCUT2D eigenvalue weighted by molar-refractivity contribution is 5.87. The lowest BCUT2D eigenvalue weighted by atomic mass is 9.83. The van der Waals surface area contributed by atoms with Crippen LogP contribution < -0.4 is 4.90 Å². The molecule has 2 atom stereocenters. The maximum absolute atomic E-state index is 13.2. The summed E-state index contributed by atoms with van der Waals surface area (Å²) >= 11 is 0. The van der Waals surface area contributed by atoms with Gasteiger partial charge in [-0.25, -0.2) is 9.97 Å². The number of nitrogens with one attached hydrogen (secondary N) is 1. The third-order valence-corrected chi connectivity index (χ3v) is 7.28. The quantitative estimate of drug-likeness (QED) is 0.621. The topological polar surface area (TPSA) is 85.7 Å². The molecule has 2 aromatic rings. The fourth-order valence-corrected chi connectivity index (χ4v) is 5.23. The SMILES string of the molecule is C=CC#CCC(CC#N)CC(=O)C1CCCN(c2ncnc3[nH]ccc23)CC2(CCC1)CC2. The molecule has 6 nitrogen and oxygen atoms in total. The summed E-state index contributed by atoms with van der Waals surface area (Å²) in [6, 6.07) is 4.29. The number of Topliss-reactive ketones (excluding diaryl/α,β-unsaturated/α-hetero) is 1. The first-order valence-electron chi connectivity index (χ1n) is 12.2. The molecule has 1 saturated heterocycles. The Morgan fingerprint density at radius 2 is 2.15 bits per heavy atom. The standard InChI is InChI=1S/C27H33N5O/c1-2-3-4-7-21(10-15-28)18-24(33)22-8-5-12-27(13-14-27)19-32(17-6-9-22)26-23-11-16-29-25(23)30-20-31-26/h2,11,16,20-22H,1,5-10,12-14,17-19H2,(H,29,30,31). The van der Waals surface area contributed by atoms with Crippen LogP contribution in [0.3, 0.4) is 0 Å². The van der Waals surface area contributed by atoms with Gasteiger partial charge in [0.05, 0.1) is 11.5 Å². The summed E-state index contributed by atoms with van der Waals surface area (Å²) in [5, 5.41) is 10.2. The molecule has 4 rings (SSSR count). The number of aromatic nitrogens is 3. The Bertz CT molecular complexity index is 1080. The molecule has 1 N–H and O–H groups in total. The molecule has 2 aromatic heterocycles. The predicted octanol–water partition coefficient (Wildman–Crippen LogP) is 5.19. The molecule has 0 aromatic carbocycles. The molecule has 2 aliphatic rings. The molecule has 33 heavy (non-hydrogen) atoms. The van der Waals surface area contributed by atoms with Gasteiger partial charge in [-0.05, 0) is 62.0 Å². The molecule has 1 aliphatic carbocycles. The first-order chi connectivity index (χ1) is 16.1. The van der Waals surface area contributed by atoms with Crippen LogP contribution in [0.2, 0.25) is 0 Å². The number of nitriles is 1. The minimum atomic E-state index is 0.0134. The third-order valence-electron chi connectivity index (χ3n) is 7.28. The van der Waals surface area contributed by atoms with Crippen molar-refractivity contribution in [3.63, 3.8) is 0 Å². The van der Waals surface area contributed by atoms with E-state index in [1.807, 2.05) is 6.20 Å². The van der Waals surface area contributed by atoms with E-state index in [2.05, 4.69) is 50.4 Å². The van der Waals surface area contributed by atoms with Gasteiger partial charge in [-0.3, -0.25) is 4.79 Å². The van der Waals surface area contributed by atoms with Crippen LogP contribution in [0.25, 0.3) is 11.0 Å². The minimum absolute atomic E-state index is 0.0134. The van der Waals surface area contributed by atoms with Crippen molar-refractivity contribution in [1.82, 2.24) is 15.0 Å². The van der Waals surface area contributed by atoms with Crippen LogP contribution in [0.5, 0.6) is 0 Å². The van der Waals surface area contributed by atoms with Crippen molar-refractivity contribution in [3.05, 3.63) is 31.2 Å². The molecule has 1 saturated carbocycles. The number of hydrogen-bond donors (Lipinski definition) is 1. The number of aromatic amines is 1. The second-order valence-electron chi connectivity index (χ2n) is 9.72. The Morgan fingerprint density at radius 3 is 2.94 bits per heavy atom. The minimum Gasteiger partial charge on any atom is -0.355 e. The van der Waals surface area contributed by atoms with Gasteiger partial charge in [0, 0.05) is 44.5 Å². The molecule has 0 amide bonds. The zero-order chi connectivity index (χ0) is 23.1. The Labute approximate surface area is 196 Å². The van der Waals surface area contributed by atoms with Gasteiger partial charge in [0.2, 0.25) is 0 Å². The summed E-state index contributed by atoms with van der Waals surface area (Å²) < 4.78 is 0. The zero-order valence-corrected chi connectivity index (χ0v) is 19.4. The highest BCUT2D eigenvalue weighted by Gasteiger charge is 2.44. The fourth-order valence-electron chi connectivity index (χ4n) is 5.23. The first-order valence-corrected chi connectivity index (χ1v) is 12.2. The van der Waals surface area contributed by atoms with Gasteiger partial charge in [0.1, 0.15) is 23.6 Å². The Balaban J connectivity index is 1.45. The van der Waals surface area contributed by atoms with Crippen molar-refractivity contribution in [3.8, 4) is 17.9 Å². The number of carbonyl (C=O) groups is 1. The van der Waals surface area contributed by atoms with E-state index >= 15 is 0 Å². The van der Waals surface area contributed by atoms with E-state index < -0.39 is 0 Å². The van der Waals surface area contributed by atoms with Gasteiger partial charge in [-0.1, -0.05) is 24.8 Å². The van der Waals surface area contributed by atoms with Crippen LogP contribution >= 0.6 is 0 Å². The molecular weight excluding hydrogens is 410 g/mol. The third kappa shape index (κ3) is 5.82. The molecule has 1 aliphatic heterocycles. The molecule has 1 spiro atoms. The number of carbonyl (C=O) groups excluding carboxylic acids is 1. The molecular formula is C27H33N5O. The number of allylic oxidation sites excluding steroid dienone is 1. The summed E-state index contributed by atoms with van der Waals surface area (Å²) in [6.45, 7) is 5.55. The lowest BCUT2D eigenvalue weighted by molar-refractivity contribution is -0.124. The zero-order valence-electron chi connectivity index (χ0n) is 19.4. The van der Waals surface area contributed by atoms with Crippen LogP contribution in [0.4, 0.5) is 5.82 Å². The van der Waals surface area contributed by atoms with Crippen LogP contribution in [-0.4, -0.2) is 33.8 Å². The number of hydrogen-bond acceptors (Lipinski definition) is 5. The van der Waals surface area contributed by atoms with E-state index in [0.29, 0.717) is 30.5 Å². The number of nitrogens with zero attached hydrogens (tertiary/aromatic N) is 4. The fraction of sp³-hybridized carbons (Fsp3) is 0.556. The maximum atomic E-state index is 13.2. The van der Waals surface area contributed by atoms with E-state index in [-0.39, 0.29) is 11.8 Å². The number of anilines is 1. The molecule has 3 heterocycles. The number of fused-ring (bicyclic) bond motifs is 1. The molecule has 6 heteroatoms. The van der Waals surface area contributed by atoms with Crippen molar-refractivity contribution in [2.75, 3.05) is 18.0 Å². The van der Waals surface area contributed by atoms with E-state index in [1.54, 1.807) is 12.4 Å². The van der Waals surface area contributed by atoms with Crippen LogP contribution in [0.15, 0.2) is 31.2 Å². The van der Waals surface area contributed by atoms with E-state index in [4.69, 9.17) is 0 Å². The monoisotopic (exact) mass is 443 g/mol. The summed E-state index contributed by atoms with van der Waals surface area (Å²) in [5.74, 6) is 7.28. The van der Waals surface area contributed by atoms with Gasteiger partial charge in [0.15, 0.2) is 0 Å². The molecule has 2 unspecified atom stereocenters. The molecule has 0 radical (unpaired) electrons. The summed E-state index contributed by atoms with van der Waals surface area (Å²) in [4.78, 5) is 27.9. The van der Waals surface area contributed by atoms with Gasteiger partial charge in [-0.2, -0.15) is 5.26 Å². The van der Waals surface area contributed by atoms with Crippen molar-refractivity contribution in [2.45, 2.75) is 64.2 Å². The maximum Gasteiger partial charge on any atom is 0.142 e. The van der Waals surface area contributed by atoms with Gasteiger partial charge in [-0.15, -0.1) is 0 Å². The lowest BCUT2D eigenvalue weighted by Gasteiger charge is -2.31. The van der Waals surface area contributed by atoms with E-state index in [1.165, 1.54) is 19.3 Å². The molecule has 172 valence electrons. The molecule has 0 bridgehead atoms. The second-order valence-corrected chi connectivity index (χ2v) is 9.72. The van der Waals surface area contributed by atoms with E-state index in [0.717, 1.165) is 55.6 Å². The summed E-state index contributed by atoms with van der Waals surface area (Å²) in [5.41, 5.74) is 1.24. The van der Waals surface area contributed by atoms with Crippen LogP contribution in [-0.2, 0) is 4.79 Å². The predicted molar refractivity (Wildman–Crippen MR) is 130 cm³/mol. The van der Waals surface area contributed by atoms with Crippen molar-refractivity contribution in [1.29, 1.82) is 5.26 Å². The van der Waals surface area contributed by atoms with Crippen LogP contribution in [0, 0.1) is 40.4 Å². The number of ketones is 1. The highest BCUT2D eigenvalue weighted by atomic mass is 16.1. The van der Waals surface area contributed by atoms with Crippen molar-refractivity contribution >= 4 is 22.6 Å². The molecule has 2 fully saturated rings. The van der Waals surface area contributed by atoms with Gasteiger partial charge >= 0.3 is 0 Å². The average Bonchev–Trinajstić information content (AvgIpc) is 3.39. The summed E-state index contributed by atoms with van der Waals surface area (Å²) in [6.07, 6.45) is 14.1. The Kier molecular flexibility index (Phi) is 7.45. The highest BCUT2D eigenvalue weighted by Crippen LogP contribution is 2.51. The number of H-pyrrole nitrogens is 1. The van der Waals surface area contributed by atoms with E-state index in [9.17, 15) is 10.1 Å². The smallest absolute Gasteiger partial charge is 0.142 e. The second kappa shape index (κ2) is 10.7.